The number of rotatable bonds is 4. The zero-order valence-electron chi connectivity index (χ0n) is 12.0. The molecule has 1 aliphatic carbocycles. The summed E-state index contributed by atoms with van der Waals surface area (Å²) in [7, 11) is -3.69. The van der Waals surface area contributed by atoms with Crippen LogP contribution in [0.2, 0.25) is 10.0 Å². The van der Waals surface area contributed by atoms with Gasteiger partial charge in [0.25, 0.3) is 0 Å². The second-order valence-corrected chi connectivity index (χ2v) is 8.66. The predicted molar refractivity (Wildman–Crippen MR) is 90.6 cm³/mol. The van der Waals surface area contributed by atoms with Crippen molar-refractivity contribution in [3.63, 3.8) is 0 Å². The van der Waals surface area contributed by atoms with E-state index in [-0.39, 0.29) is 4.90 Å². The fourth-order valence-electron chi connectivity index (χ4n) is 3.01. The number of sulfone groups is 1. The number of aliphatic hydroxyl groups excluding tert-OH is 1. The first-order valence-electron chi connectivity index (χ1n) is 6.95. The van der Waals surface area contributed by atoms with Crippen molar-refractivity contribution in [2.24, 2.45) is 5.73 Å². The number of hydrogen-bond acceptors (Lipinski definition) is 4. The van der Waals surface area contributed by atoms with Gasteiger partial charge in [-0.05, 0) is 42.0 Å². The van der Waals surface area contributed by atoms with Gasteiger partial charge < -0.3 is 10.8 Å². The summed E-state index contributed by atoms with van der Waals surface area (Å²) >= 11 is 11.7. The molecule has 0 aromatic heterocycles. The Balaban J connectivity index is 2.01. The van der Waals surface area contributed by atoms with Crippen molar-refractivity contribution < 1.29 is 13.5 Å². The normalized spacial score (nSPS) is 27.0. The van der Waals surface area contributed by atoms with Crippen LogP contribution in [0.15, 0.2) is 53.4 Å². The van der Waals surface area contributed by atoms with Crippen LogP contribution in [-0.4, -0.2) is 30.9 Å². The van der Waals surface area contributed by atoms with Crippen LogP contribution in [0.25, 0.3) is 0 Å². The summed E-state index contributed by atoms with van der Waals surface area (Å²) in [5, 5.41) is 9.76. The Kier molecular flexibility index (Phi) is 4.19. The quantitative estimate of drug-likeness (QED) is 0.865. The van der Waals surface area contributed by atoms with Crippen molar-refractivity contribution in [2.75, 3.05) is 6.61 Å². The zero-order chi connectivity index (χ0) is 16.8. The molecule has 0 aliphatic heterocycles. The van der Waals surface area contributed by atoms with Crippen molar-refractivity contribution in [2.45, 2.75) is 21.6 Å². The van der Waals surface area contributed by atoms with Crippen molar-refractivity contribution in [1.82, 2.24) is 0 Å². The molecule has 0 heterocycles. The number of aliphatic hydroxyl groups is 1. The molecule has 0 bridgehead atoms. The summed E-state index contributed by atoms with van der Waals surface area (Å²) in [5.74, 6) is -0.481. The van der Waals surface area contributed by atoms with E-state index in [0.717, 1.165) is 5.56 Å². The van der Waals surface area contributed by atoms with Crippen molar-refractivity contribution in [3.05, 3.63) is 64.1 Å². The summed E-state index contributed by atoms with van der Waals surface area (Å²) in [5.41, 5.74) is 5.71. The molecule has 7 heteroatoms. The Morgan fingerprint density at radius 1 is 1.00 bits per heavy atom. The van der Waals surface area contributed by atoms with Crippen LogP contribution in [0.5, 0.6) is 0 Å². The number of hydrogen-bond donors (Lipinski definition) is 2. The number of benzene rings is 2. The summed E-state index contributed by atoms with van der Waals surface area (Å²) in [6.45, 7) is -0.419. The number of halogens is 2. The SMILES string of the molecule is N[C@@]1(CO)[C@H](c2ccc(Cl)cc2)[C@@H]1S(=O)(=O)c1ccc(Cl)cc1. The largest absolute Gasteiger partial charge is 0.394 e. The fraction of sp³-hybridized carbons (Fsp3) is 0.250. The van der Waals surface area contributed by atoms with Crippen molar-refractivity contribution in [3.8, 4) is 0 Å². The fourth-order valence-corrected chi connectivity index (χ4v) is 5.56. The maximum Gasteiger partial charge on any atom is 0.183 e. The molecule has 4 nitrogen and oxygen atoms in total. The first kappa shape index (κ1) is 16.7. The van der Waals surface area contributed by atoms with Crippen LogP contribution in [0.4, 0.5) is 0 Å². The first-order valence-corrected chi connectivity index (χ1v) is 9.25. The third-order valence-electron chi connectivity index (χ3n) is 4.28. The Bertz CT molecular complexity index is 821. The van der Waals surface area contributed by atoms with E-state index in [2.05, 4.69) is 0 Å². The lowest BCUT2D eigenvalue weighted by Gasteiger charge is -2.08. The molecule has 0 spiro atoms. The molecule has 122 valence electrons. The zero-order valence-corrected chi connectivity index (χ0v) is 14.3. The Labute approximate surface area is 144 Å². The lowest BCUT2D eigenvalue weighted by Crippen LogP contribution is -2.35. The minimum absolute atomic E-state index is 0.145. The molecule has 0 unspecified atom stereocenters. The highest BCUT2D eigenvalue weighted by molar-refractivity contribution is 7.92. The summed E-state index contributed by atoms with van der Waals surface area (Å²) in [6.07, 6.45) is 0. The molecule has 0 radical (unpaired) electrons. The third kappa shape index (κ3) is 2.77. The van der Waals surface area contributed by atoms with Gasteiger partial charge in [0.2, 0.25) is 0 Å². The van der Waals surface area contributed by atoms with E-state index >= 15 is 0 Å². The predicted octanol–water partition coefficient (Wildman–Crippen LogP) is 2.62. The molecule has 1 saturated carbocycles. The van der Waals surface area contributed by atoms with E-state index in [1.807, 2.05) is 0 Å². The first-order chi connectivity index (χ1) is 10.8. The van der Waals surface area contributed by atoms with E-state index in [1.54, 1.807) is 24.3 Å². The molecule has 2 aromatic rings. The van der Waals surface area contributed by atoms with Gasteiger partial charge in [0.1, 0.15) is 0 Å². The Morgan fingerprint density at radius 2 is 1.48 bits per heavy atom. The van der Waals surface area contributed by atoms with E-state index in [4.69, 9.17) is 28.9 Å². The van der Waals surface area contributed by atoms with Gasteiger partial charge in [-0.2, -0.15) is 0 Å². The number of nitrogens with two attached hydrogens (primary N) is 1. The molecule has 3 N–H and O–H groups in total. The second kappa shape index (κ2) is 5.76. The summed E-state index contributed by atoms with van der Waals surface area (Å²) < 4.78 is 25.7. The van der Waals surface area contributed by atoms with Gasteiger partial charge in [0.05, 0.1) is 22.3 Å². The Hall–Kier alpha value is -1.11. The minimum atomic E-state index is -3.69. The molecular weight excluding hydrogens is 357 g/mol. The van der Waals surface area contributed by atoms with Crippen LogP contribution in [0, 0.1) is 0 Å². The van der Waals surface area contributed by atoms with Crippen LogP contribution < -0.4 is 5.73 Å². The van der Waals surface area contributed by atoms with Gasteiger partial charge >= 0.3 is 0 Å². The molecule has 2 aromatic carbocycles. The van der Waals surface area contributed by atoms with E-state index in [0.29, 0.717) is 10.0 Å². The smallest absolute Gasteiger partial charge is 0.183 e. The van der Waals surface area contributed by atoms with Crippen LogP contribution in [0.3, 0.4) is 0 Å². The highest BCUT2D eigenvalue weighted by Gasteiger charge is 2.69. The molecule has 0 saturated heterocycles. The molecule has 3 rings (SSSR count). The van der Waals surface area contributed by atoms with Crippen molar-refractivity contribution >= 4 is 33.0 Å². The lowest BCUT2D eigenvalue weighted by atomic mass is 10.1. The highest BCUT2D eigenvalue weighted by atomic mass is 35.5. The maximum atomic E-state index is 12.9. The molecule has 3 atom stereocenters. The molecule has 1 aliphatic rings. The van der Waals surface area contributed by atoms with Gasteiger partial charge in [-0.3, -0.25) is 0 Å². The summed E-state index contributed by atoms with van der Waals surface area (Å²) in [4.78, 5) is 0.145. The van der Waals surface area contributed by atoms with Gasteiger partial charge in [-0.25, -0.2) is 8.42 Å². The molecule has 0 amide bonds. The standard InChI is InChI=1S/C16H15Cl2NO3S/c17-11-3-1-10(2-4-11)14-15(16(14,19)9-20)23(21,22)13-7-5-12(18)6-8-13/h1-8,14-15,20H,9,19H2/t14-,15+,16+/m1/s1. The van der Waals surface area contributed by atoms with E-state index in [9.17, 15) is 13.5 Å². The van der Waals surface area contributed by atoms with Crippen LogP contribution in [-0.2, 0) is 9.84 Å². The van der Waals surface area contributed by atoms with Gasteiger partial charge in [0.15, 0.2) is 9.84 Å². The molecule has 23 heavy (non-hydrogen) atoms. The lowest BCUT2D eigenvalue weighted by molar-refractivity contribution is 0.253. The van der Waals surface area contributed by atoms with Gasteiger partial charge in [-0.1, -0.05) is 35.3 Å². The van der Waals surface area contributed by atoms with E-state index in [1.165, 1.54) is 24.3 Å². The average molecular weight is 372 g/mol. The minimum Gasteiger partial charge on any atom is -0.394 e. The Morgan fingerprint density at radius 3 is 1.96 bits per heavy atom. The van der Waals surface area contributed by atoms with Crippen LogP contribution in [0.1, 0.15) is 11.5 Å². The molecule has 1 fully saturated rings. The van der Waals surface area contributed by atoms with E-state index < -0.39 is 33.2 Å². The topological polar surface area (TPSA) is 80.4 Å². The third-order valence-corrected chi connectivity index (χ3v) is 7.09. The monoisotopic (exact) mass is 371 g/mol. The second-order valence-electron chi connectivity index (χ2n) is 5.72. The van der Waals surface area contributed by atoms with Gasteiger partial charge in [-0.15, -0.1) is 0 Å². The van der Waals surface area contributed by atoms with Crippen LogP contribution >= 0.6 is 23.2 Å². The van der Waals surface area contributed by atoms with Gasteiger partial charge in [0, 0.05) is 16.0 Å². The maximum absolute atomic E-state index is 12.9. The highest BCUT2D eigenvalue weighted by Crippen LogP contribution is 2.55. The average Bonchev–Trinajstić information content (AvgIpc) is 3.16. The summed E-state index contributed by atoms with van der Waals surface area (Å²) in [6, 6.07) is 12.8. The molecular formula is C16H15Cl2NO3S. The van der Waals surface area contributed by atoms with Crippen molar-refractivity contribution in [1.29, 1.82) is 0 Å².